The number of hydrogen-bond donors (Lipinski definition) is 1. The van der Waals surface area contributed by atoms with Crippen LogP contribution in [-0.2, 0) is 0 Å². The number of fused-ring (bicyclic) bond motifs is 1. The second-order valence-electron chi connectivity index (χ2n) is 6.27. The molecule has 1 N–H and O–H groups in total. The second-order valence-corrected chi connectivity index (χ2v) is 6.27. The summed E-state index contributed by atoms with van der Waals surface area (Å²) in [5.74, 6) is 1.94. The van der Waals surface area contributed by atoms with Gasteiger partial charge in [-0.1, -0.05) is 24.3 Å². The monoisotopic (exact) mass is 339 g/mol. The Bertz CT molecular complexity index is 1140. The number of rotatable bonds is 3. The van der Waals surface area contributed by atoms with Crippen LogP contribution in [0.5, 0.6) is 0 Å². The first-order chi connectivity index (χ1) is 12.6. The molecule has 4 heteroatoms. The molecule has 0 atom stereocenters. The fourth-order valence-corrected chi connectivity index (χ4v) is 2.86. The zero-order valence-electron chi connectivity index (χ0n) is 14.6. The molecule has 0 bridgehead atoms. The minimum absolute atomic E-state index is 0.433. The smallest absolute Gasteiger partial charge is 0.149 e. The Labute approximate surface area is 151 Å². The molecule has 126 valence electrons. The number of nitrogens with zero attached hydrogens (tertiary/aromatic N) is 2. The number of furan rings is 1. The highest BCUT2D eigenvalue weighted by Crippen LogP contribution is 2.26. The van der Waals surface area contributed by atoms with Gasteiger partial charge in [0.05, 0.1) is 16.6 Å². The van der Waals surface area contributed by atoms with Gasteiger partial charge >= 0.3 is 0 Å². The normalized spacial score (nSPS) is 11.7. The molecule has 2 heterocycles. The zero-order chi connectivity index (χ0) is 18.1. The van der Waals surface area contributed by atoms with E-state index in [2.05, 4.69) is 42.0 Å². The fourth-order valence-electron chi connectivity index (χ4n) is 2.86. The summed E-state index contributed by atoms with van der Waals surface area (Å²) in [6.45, 7) is 4.17. The van der Waals surface area contributed by atoms with Crippen LogP contribution < -0.4 is 0 Å². The Morgan fingerprint density at radius 2 is 1.92 bits per heavy atom. The van der Waals surface area contributed by atoms with Gasteiger partial charge in [0.1, 0.15) is 23.4 Å². The quantitative estimate of drug-likeness (QED) is 0.501. The lowest BCUT2D eigenvalue weighted by Crippen LogP contribution is -1.84. The molecule has 0 aliphatic carbocycles. The van der Waals surface area contributed by atoms with Crippen molar-refractivity contribution in [2.75, 3.05) is 0 Å². The number of aryl methyl sites for hydroxylation is 2. The third-order valence-electron chi connectivity index (χ3n) is 4.47. The highest BCUT2D eigenvalue weighted by atomic mass is 16.3. The molecule has 0 aliphatic rings. The van der Waals surface area contributed by atoms with Gasteiger partial charge in [-0.25, -0.2) is 4.98 Å². The number of nitrogens with one attached hydrogen (secondary N) is 1. The molecule has 0 saturated heterocycles. The van der Waals surface area contributed by atoms with Gasteiger partial charge in [0, 0.05) is 11.6 Å². The SMILES string of the molecule is Cc1ccc(-c2ccc(C=C(C#N)c3nc4ccccc4[nH]3)o2)cc1C. The predicted molar refractivity (Wildman–Crippen MR) is 103 cm³/mol. The van der Waals surface area contributed by atoms with Crippen LogP contribution >= 0.6 is 0 Å². The molecule has 4 aromatic rings. The van der Waals surface area contributed by atoms with Crippen molar-refractivity contribution in [2.45, 2.75) is 13.8 Å². The zero-order valence-corrected chi connectivity index (χ0v) is 14.6. The van der Waals surface area contributed by atoms with E-state index < -0.39 is 0 Å². The molecule has 0 aliphatic heterocycles. The third kappa shape index (κ3) is 2.91. The maximum atomic E-state index is 9.54. The van der Waals surface area contributed by atoms with Crippen molar-refractivity contribution in [1.82, 2.24) is 9.97 Å². The molecular weight excluding hydrogens is 322 g/mol. The maximum absolute atomic E-state index is 9.54. The van der Waals surface area contributed by atoms with E-state index in [0.29, 0.717) is 17.2 Å². The first kappa shape index (κ1) is 15.9. The Hall–Kier alpha value is -3.58. The summed E-state index contributed by atoms with van der Waals surface area (Å²) in [6, 6.07) is 19.9. The molecular formula is C22H17N3O. The van der Waals surface area contributed by atoms with Crippen LogP contribution in [0.3, 0.4) is 0 Å². The molecule has 0 unspecified atom stereocenters. The number of para-hydroxylation sites is 2. The number of nitriles is 1. The molecule has 0 saturated carbocycles. The largest absolute Gasteiger partial charge is 0.457 e. The van der Waals surface area contributed by atoms with E-state index in [1.807, 2.05) is 42.5 Å². The van der Waals surface area contributed by atoms with E-state index in [9.17, 15) is 5.26 Å². The van der Waals surface area contributed by atoms with Gasteiger partial charge in [-0.2, -0.15) is 5.26 Å². The predicted octanol–water partition coefficient (Wildman–Crippen LogP) is 5.50. The summed E-state index contributed by atoms with van der Waals surface area (Å²) < 4.78 is 5.92. The van der Waals surface area contributed by atoms with Crippen LogP contribution in [0, 0.1) is 25.2 Å². The third-order valence-corrected chi connectivity index (χ3v) is 4.47. The van der Waals surface area contributed by atoms with Crippen molar-refractivity contribution in [3.8, 4) is 17.4 Å². The first-order valence-corrected chi connectivity index (χ1v) is 8.38. The van der Waals surface area contributed by atoms with Crippen molar-refractivity contribution >= 4 is 22.7 Å². The number of imidazole rings is 1. The minimum atomic E-state index is 0.433. The van der Waals surface area contributed by atoms with Crippen LogP contribution in [0.4, 0.5) is 0 Å². The summed E-state index contributed by atoms with van der Waals surface area (Å²) in [5, 5.41) is 9.54. The van der Waals surface area contributed by atoms with Gasteiger partial charge < -0.3 is 9.40 Å². The van der Waals surface area contributed by atoms with E-state index in [-0.39, 0.29) is 0 Å². The number of H-pyrrole nitrogens is 1. The summed E-state index contributed by atoms with van der Waals surface area (Å²) in [5.41, 5.74) is 5.66. The topological polar surface area (TPSA) is 65.6 Å². The van der Waals surface area contributed by atoms with Gasteiger partial charge in [0.15, 0.2) is 0 Å². The maximum Gasteiger partial charge on any atom is 0.149 e. The molecule has 2 aromatic heterocycles. The van der Waals surface area contributed by atoms with Gasteiger partial charge in [0.25, 0.3) is 0 Å². The van der Waals surface area contributed by atoms with Gasteiger partial charge in [0.2, 0.25) is 0 Å². The fraction of sp³-hybridized carbons (Fsp3) is 0.0909. The molecule has 0 fully saturated rings. The van der Waals surface area contributed by atoms with Gasteiger partial charge in [-0.05, 0) is 55.3 Å². The van der Waals surface area contributed by atoms with Crippen LogP contribution in [0.2, 0.25) is 0 Å². The van der Waals surface area contributed by atoms with Crippen molar-refractivity contribution in [2.24, 2.45) is 0 Å². The Morgan fingerprint density at radius 1 is 1.08 bits per heavy atom. The van der Waals surface area contributed by atoms with Crippen LogP contribution in [0.25, 0.3) is 34.0 Å². The summed E-state index contributed by atoms with van der Waals surface area (Å²) >= 11 is 0. The molecule has 0 radical (unpaired) electrons. The lowest BCUT2D eigenvalue weighted by atomic mass is 10.1. The van der Waals surface area contributed by atoms with Crippen molar-refractivity contribution in [3.05, 3.63) is 77.3 Å². The van der Waals surface area contributed by atoms with E-state index in [1.165, 1.54) is 11.1 Å². The van der Waals surface area contributed by atoms with Gasteiger partial charge in [-0.15, -0.1) is 0 Å². The molecule has 26 heavy (non-hydrogen) atoms. The number of aromatic nitrogens is 2. The summed E-state index contributed by atoms with van der Waals surface area (Å²) in [6.07, 6.45) is 1.71. The van der Waals surface area contributed by atoms with Crippen LogP contribution in [0.1, 0.15) is 22.7 Å². The lowest BCUT2D eigenvalue weighted by molar-refractivity contribution is 0.572. The van der Waals surface area contributed by atoms with E-state index in [0.717, 1.165) is 22.4 Å². The highest BCUT2D eigenvalue weighted by molar-refractivity contribution is 5.89. The highest BCUT2D eigenvalue weighted by Gasteiger charge is 2.10. The molecule has 4 rings (SSSR count). The standard InChI is InChI=1S/C22H17N3O/c1-14-7-8-16(11-15(14)2)21-10-9-18(26-21)12-17(13-23)22-24-19-5-3-4-6-20(19)25-22/h3-12H,1-2H3,(H,24,25). The molecule has 0 amide bonds. The van der Waals surface area contributed by atoms with Crippen molar-refractivity contribution in [1.29, 1.82) is 5.26 Å². The minimum Gasteiger partial charge on any atom is -0.457 e. The Balaban J connectivity index is 1.69. The van der Waals surface area contributed by atoms with E-state index in [4.69, 9.17) is 4.42 Å². The van der Waals surface area contributed by atoms with E-state index >= 15 is 0 Å². The number of allylic oxidation sites excluding steroid dienone is 1. The average molecular weight is 339 g/mol. The molecule has 2 aromatic carbocycles. The average Bonchev–Trinajstić information content (AvgIpc) is 3.28. The molecule has 0 spiro atoms. The number of benzene rings is 2. The molecule has 4 nitrogen and oxygen atoms in total. The second kappa shape index (κ2) is 6.38. The number of hydrogen-bond acceptors (Lipinski definition) is 3. The van der Waals surface area contributed by atoms with Crippen molar-refractivity contribution < 1.29 is 4.42 Å². The van der Waals surface area contributed by atoms with Gasteiger partial charge in [-0.3, -0.25) is 0 Å². The summed E-state index contributed by atoms with van der Waals surface area (Å²) in [4.78, 5) is 7.65. The Kier molecular flexibility index (Phi) is 3.91. The number of aromatic amines is 1. The first-order valence-electron chi connectivity index (χ1n) is 8.38. The van der Waals surface area contributed by atoms with E-state index in [1.54, 1.807) is 6.08 Å². The lowest BCUT2D eigenvalue weighted by Gasteiger charge is -2.02. The van der Waals surface area contributed by atoms with Crippen molar-refractivity contribution in [3.63, 3.8) is 0 Å². The Morgan fingerprint density at radius 3 is 2.69 bits per heavy atom. The summed E-state index contributed by atoms with van der Waals surface area (Å²) in [7, 11) is 0. The van der Waals surface area contributed by atoms with Crippen LogP contribution in [0.15, 0.2) is 59.0 Å². The van der Waals surface area contributed by atoms with Crippen LogP contribution in [-0.4, -0.2) is 9.97 Å².